The highest BCUT2D eigenvalue weighted by Crippen LogP contribution is 2.35. The van der Waals surface area contributed by atoms with Gasteiger partial charge >= 0.3 is 0 Å². The zero-order valence-electron chi connectivity index (χ0n) is 9.05. The molecular weight excluding hydrogens is 210 g/mol. The van der Waals surface area contributed by atoms with Gasteiger partial charge in [-0.05, 0) is 50.5 Å². The first-order valence-corrected chi connectivity index (χ1v) is 5.62. The molecular formula is C12H16ClNO. The molecule has 0 aliphatic heterocycles. The minimum absolute atomic E-state index is 0.164. The van der Waals surface area contributed by atoms with Crippen LogP contribution in [0, 0.1) is 6.92 Å². The molecule has 2 N–H and O–H groups in total. The lowest BCUT2D eigenvalue weighted by molar-refractivity contribution is -0.0286. The van der Waals surface area contributed by atoms with Crippen LogP contribution in [0.2, 0.25) is 5.02 Å². The minimum Gasteiger partial charge on any atom is -0.388 e. The van der Waals surface area contributed by atoms with Crippen LogP contribution in [0.5, 0.6) is 0 Å². The van der Waals surface area contributed by atoms with Gasteiger partial charge in [-0.25, -0.2) is 0 Å². The molecule has 0 bridgehead atoms. The Morgan fingerprint density at radius 2 is 2.27 bits per heavy atom. The molecule has 1 aromatic carbocycles. The van der Waals surface area contributed by atoms with Crippen LogP contribution in [0.4, 0.5) is 5.69 Å². The molecule has 2 nitrogen and oxygen atoms in total. The van der Waals surface area contributed by atoms with Crippen molar-refractivity contribution in [3.05, 3.63) is 28.8 Å². The standard InChI is InChI=1S/C12H16ClNO/c1-8-7-9(13)3-4-10(8)14-11-5-6-12(11,2)15/h3-4,7,11,14-15H,5-6H2,1-2H3/t11-,12-/m0/s1. The molecule has 0 spiro atoms. The van der Waals surface area contributed by atoms with Gasteiger partial charge in [-0.1, -0.05) is 11.6 Å². The fourth-order valence-corrected chi connectivity index (χ4v) is 2.14. The Morgan fingerprint density at radius 1 is 1.53 bits per heavy atom. The maximum atomic E-state index is 9.89. The van der Waals surface area contributed by atoms with E-state index < -0.39 is 5.60 Å². The van der Waals surface area contributed by atoms with Gasteiger partial charge < -0.3 is 10.4 Å². The van der Waals surface area contributed by atoms with E-state index in [0.29, 0.717) is 0 Å². The molecule has 0 heterocycles. The summed E-state index contributed by atoms with van der Waals surface area (Å²) in [5.74, 6) is 0. The predicted octanol–water partition coefficient (Wildman–Crippen LogP) is 2.97. The van der Waals surface area contributed by atoms with E-state index in [1.54, 1.807) is 0 Å². The molecule has 0 unspecified atom stereocenters. The van der Waals surface area contributed by atoms with Gasteiger partial charge in [-0.2, -0.15) is 0 Å². The van der Waals surface area contributed by atoms with Crippen molar-refractivity contribution in [2.24, 2.45) is 0 Å². The van der Waals surface area contributed by atoms with Crippen LogP contribution < -0.4 is 5.32 Å². The number of hydrogen-bond acceptors (Lipinski definition) is 2. The first-order valence-electron chi connectivity index (χ1n) is 5.24. The van der Waals surface area contributed by atoms with Gasteiger partial charge in [0.25, 0.3) is 0 Å². The molecule has 0 radical (unpaired) electrons. The third-order valence-corrected chi connectivity index (χ3v) is 3.44. The average Bonchev–Trinajstić information content (AvgIpc) is 2.15. The number of nitrogens with one attached hydrogen (secondary N) is 1. The van der Waals surface area contributed by atoms with Gasteiger partial charge in [0.2, 0.25) is 0 Å². The van der Waals surface area contributed by atoms with E-state index in [4.69, 9.17) is 11.6 Å². The summed E-state index contributed by atoms with van der Waals surface area (Å²) < 4.78 is 0. The lowest BCUT2D eigenvalue weighted by Gasteiger charge is -2.43. The van der Waals surface area contributed by atoms with E-state index in [0.717, 1.165) is 29.1 Å². The van der Waals surface area contributed by atoms with E-state index in [-0.39, 0.29) is 6.04 Å². The highest BCUT2D eigenvalue weighted by Gasteiger charge is 2.40. The first-order chi connectivity index (χ1) is 6.99. The maximum absolute atomic E-state index is 9.89. The summed E-state index contributed by atoms with van der Waals surface area (Å²) in [7, 11) is 0. The van der Waals surface area contributed by atoms with E-state index in [1.165, 1.54) is 0 Å². The summed E-state index contributed by atoms with van der Waals surface area (Å²) in [6, 6.07) is 5.92. The number of benzene rings is 1. The fraction of sp³-hybridized carbons (Fsp3) is 0.500. The fourth-order valence-electron chi connectivity index (χ4n) is 1.91. The Morgan fingerprint density at radius 3 is 2.73 bits per heavy atom. The number of aryl methyl sites for hydroxylation is 1. The second-order valence-electron chi connectivity index (χ2n) is 4.55. The molecule has 1 fully saturated rings. The second kappa shape index (κ2) is 3.69. The van der Waals surface area contributed by atoms with Crippen molar-refractivity contribution in [3.63, 3.8) is 0 Å². The van der Waals surface area contributed by atoms with Crippen molar-refractivity contribution in [3.8, 4) is 0 Å². The van der Waals surface area contributed by atoms with Gasteiger partial charge in [-0.15, -0.1) is 0 Å². The summed E-state index contributed by atoms with van der Waals surface area (Å²) in [6.07, 6.45) is 1.90. The summed E-state index contributed by atoms with van der Waals surface area (Å²) >= 11 is 5.88. The van der Waals surface area contributed by atoms with Crippen molar-refractivity contribution < 1.29 is 5.11 Å². The Kier molecular flexibility index (Phi) is 2.65. The molecule has 15 heavy (non-hydrogen) atoms. The maximum Gasteiger partial charge on any atom is 0.0820 e. The van der Waals surface area contributed by atoms with Crippen molar-refractivity contribution in [2.45, 2.75) is 38.3 Å². The third kappa shape index (κ3) is 2.11. The van der Waals surface area contributed by atoms with Gasteiger partial charge in [-0.3, -0.25) is 0 Å². The monoisotopic (exact) mass is 225 g/mol. The number of hydrogen-bond donors (Lipinski definition) is 2. The highest BCUT2D eigenvalue weighted by molar-refractivity contribution is 6.30. The highest BCUT2D eigenvalue weighted by atomic mass is 35.5. The summed E-state index contributed by atoms with van der Waals surface area (Å²) in [4.78, 5) is 0. The van der Waals surface area contributed by atoms with Crippen molar-refractivity contribution >= 4 is 17.3 Å². The molecule has 82 valence electrons. The van der Waals surface area contributed by atoms with Crippen molar-refractivity contribution in [1.82, 2.24) is 0 Å². The molecule has 0 aromatic heterocycles. The molecule has 0 amide bonds. The first kappa shape index (κ1) is 10.8. The number of rotatable bonds is 2. The molecule has 0 saturated heterocycles. The molecule has 1 saturated carbocycles. The average molecular weight is 226 g/mol. The van der Waals surface area contributed by atoms with Crippen LogP contribution >= 0.6 is 11.6 Å². The Hall–Kier alpha value is -0.730. The van der Waals surface area contributed by atoms with E-state index >= 15 is 0 Å². The zero-order valence-corrected chi connectivity index (χ0v) is 9.80. The second-order valence-corrected chi connectivity index (χ2v) is 4.99. The van der Waals surface area contributed by atoms with Gasteiger partial charge in [0.15, 0.2) is 0 Å². The Balaban J connectivity index is 2.11. The number of aliphatic hydroxyl groups is 1. The molecule has 1 aromatic rings. The van der Waals surface area contributed by atoms with E-state index in [2.05, 4.69) is 5.32 Å². The zero-order chi connectivity index (χ0) is 11.1. The third-order valence-electron chi connectivity index (χ3n) is 3.21. The summed E-state index contributed by atoms with van der Waals surface area (Å²) in [6.45, 7) is 3.89. The van der Waals surface area contributed by atoms with E-state index in [1.807, 2.05) is 32.0 Å². The number of halogens is 1. The quantitative estimate of drug-likeness (QED) is 0.811. The van der Waals surface area contributed by atoms with Crippen LogP contribution in [0.1, 0.15) is 25.3 Å². The Bertz CT molecular complexity index is 376. The topological polar surface area (TPSA) is 32.3 Å². The van der Waals surface area contributed by atoms with Gasteiger partial charge in [0.1, 0.15) is 0 Å². The summed E-state index contributed by atoms with van der Waals surface area (Å²) in [5.41, 5.74) is 1.61. The predicted molar refractivity (Wildman–Crippen MR) is 63.5 cm³/mol. The smallest absolute Gasteiger partial charge is 0.0820 e. The minimum atomic E-state index is -0.563. The van der Waals surface area contributed by atoms with Crippen LogP contribution in [0.25, 0.3) is 0 Å². The normalized spacial score (nSPS) is 29.7. The lowest BCUT2D eigenvalue weighted by atomic mass is 9.76. The van der Waals surface area contributed by atoms with Crippen molar-refractivity contribution in [1.29, 1.82) is 0 Å². The largest absolute Gasteiger partial charge is 0.388 e. The summed E-state index contributed by atoms with van der Waals surface area (Å²) in [5, 5.41) is 14.0. The van der Waals surface area contributed by atoms with Gasteiger partial charge in [0, 0.05) is 10.7 Å². The molecule has 1 aliphatic carbocycles. The van der Waals surface area contributed by atoms with Crippen LogP contribution in [0.3, 0.4) is 0 Å². The molecule has 1 aliphatic rings. The van der Waals surface area contributed by atoms with Crippen molar-refractivity contribution in [2.75, 3.05) is 5.32 Å². The SMILES string of the molecule is Cc1cc(Cl)ccc1N[C@H]1CC[C@]1(C)O. The van der Waals surface area contributed by atoms with Crippen LogP contribution in [0.15, 0.2) is 18.2 Å². The number of anilines is 1. The van der Waals surface area contributed by atoms with Crippen LogP contribution in [-0.4, -0.2) is 16.7 Å². The van der Waals surface area contributed by atoms with Gasteiger partial charge in [0.05, 0.1) is 11.6 Å². The lowest BCUT2D eigenvalue weighted by Crippen LogP contribution is -2.53. The Labute approximate surface area is 95.3 Å². The molecule has 2 rings (SSSR count). The van der Waals surface area contributed by atoms with E-state index in [9.17, 15) is 5.11 Å². The molecule has 3 heteroatoms. The molecule has 2 atom stereocenters. The van der Waals surface area contributed by atoms with Crippen LogP contribution in [-0.2, 0) is 0 Å².